The zero-order chi connectivity index (χ0) is 57.1. The summed E-state index contributed by atoms with van der Waals surface area (Å²) in [6.45, 7) is 6.65. The van der Waals surface area contributed by atoms with Crippen molar-refractivity contribution in [2.45, 2.75) is 374 Å². The van der Waals surface area contributed by atoms with Crippen molar-refractivity contribution in [3.63, 3.8) is 0 Å². The Kier molecular flexibility index (Phi) is 65.1. The molecule has 1 atom stereocenters. The Hall–Kier alpha value is -2.89. The maximum Gasteiger partial charge on any atom is 0.306 e. The van der Waals surface area contributed by atoms with Gasteiger partial charge in [-0.3, -0.25) is 14.4 Å². The summed E-state index contributed by atoms with van der Waals surface area (Å²) in [5.74, 6) is -0.866. The predicted octanol–water partition coefficient (Wildman–Crippen LogP) is 23.9. The third kappa shape index (κ3) is 65.8. The fraction of sp³-hybridized carbons (Fsp3) is 0.822. The summed E-state index contributed by atoms with van der Waals surface area (Å²) in [4.78, 5) is 38.5. The van der Waals surface area contributed by atoms with E-state index in [0.29, 0.717) is 19.3 Å². The highest BCUT2D eigenvalue weighted by Gasteiger charge is 2.19. The van der Waals surface area contributed by atoms with Gasteiger partial charge in [0.15, 0.2) is 6.10 Å². The molecule has 0 bridgehead atoms. The molecule has 0 aliphatic rings. The van der Waals surface area contributed by atoms with Crippen LogP contribution in [0.2, 0.25) is 0 Å². The molecule has 0 N–H and O–H groups in total. The van der Waals surface area contributed by atoms with Crippen molar-refractivity contribution < 1.29 is 28.6 Å². The third-order valence-electron chi connectivity index (χ3n) is 15.5. The zero-order valence-electron chi connectivity index (χ0n) is 52.9. The van der Waals surface area contributed by atoms with Crippen LogP contribution in [-0.2, 0) is 28.6 Å². The maximum atomic E-state index is 13.0. The lowest BCUT2D eigenvalue weighted by Crippen LogP contribution is -2.30. The van der Waals surface area contributed by atoms with Crippen molar-refractivity contribution >= 4 is 17.9 Å². The average molecular weight is 1110 g/mol. The van der Waals surface area contributed by atoms with Crippen molar-refractivity contribution in [2.24, 2.45) is 0 Å². The molecule has 6 nitrogen and oxygen atoms in total. The van der Waals surface area contributed by atoms with E-state index in [2.05, 4.69) is 81.5 Å². The molecule has 0 spiro atoms. The van der Waals surface area contributed by atoms with E-state index in [1.165, 1.54) is 250 Å². The minimum Gasteiger partial charge on any atom is -0.462 e. The number of carbonyl (C=O) groups is 3. The second kappa shape index (κ2) is 67.6. The van der Waals surface area contributed by atoms with Crippen molar-refractivity contribution in [3.8, 4) is 0 Å². The zero-order valence-corrected chi connectivity index (χ0v) is 52.9. The van der Waals surface area contributed by atoms with Gasteiger partial charge in [0, 0.05) is 19.3 Å². The standard InChI is InChI=1S/C73H132O6/c1-4-7-10-13-16-19-22-25-28-31-33-35-36-38-39-42-45-48-51-54-57-60-63-66-72(75)78-69-70(68-77-71(74)65-62-59-56-53-50-47-44-41-30-27-24-21-18-15-12-9-6-3)79-73(76)67-64-61-58-55-52-49-46-43-40-37-34-32-29-26-23-20-17-14-11-8-5-2/h18,21-22,25,27,30-34,70H,4-17,19-20,23-24,26,28-29,35-69H2,1-3H3/b21-18-,25-22-,30-27-,33-31-,34-32-. The highest BCUT2D eigenvalue weighted by Crippen LogP contribution is 2.17. The molecule has 0 saturated carbocycles. The number of ether oxygens (including phenoxy) is 3. The van der Waals surface area contributed by atoms with Crippen molar-refractivity contribution in [2.75, 3.05) is 13.2 Å². The number of unbranched alkanes of at least 4 members (excludes halogenated alkanes) is 43. The molecule has 0 heterocycles. The Morgan fingerprint density at radius 1 is 0.253 bits per heavy atom. The smallest absolute Gasteiger partial charge is 0.306 e. The van der Waals surface area contributed by atoms with E-state index in [-0.39, 0.29) is 31.1 Å². The number of allylic oxidation sites excluding steroid dienone is 10. The molecule has 0 fully saturated rings. The lowest BCUT2D eigenvalue weighted by Gasteiger charge is -2.18. The van der Waals surface area contributed by atoms with Crippen LogP contribution in [0.5, 0.6) is 0 Å². The first-order valence-corrected chi connectivity index (χ1v) is 34.8. The molecule has 0 aromatic carbocycles. The molecular weight excluding hydrogens is 973 g/mol. The van der Waals surface area contributed by atoms with Gasteiger partial charge in [0.25, 0.3) is 0 Å². The fourth-order valence-corrected chi connectivity index (χ4v) is 10.2. The minimum atomic E-state index is -0.781. The molecule has 1 unspecified atom stereocenters. The number of hydrogen-bond acceptors (Lipinski definition) is 6. The average Bonchev–Trinajstić information content (AvgIpc) is 3.45. The Morgan fingerprint density at radius 2 is 0.456 bits per heavy atom. The van der Waals surface area contributed by atoms with Crippen LogP contribution in [0, 0.1) is 0 Å². The van der Waals surface area contributed by atoms with Gasteiger partial charge in [0.05, 0.1) is 0 Å². The summed E-state index contributed by atoms with van der Waals surface area (Å²) >= 11 is 0. The van der Waals surface area contributed by atoms with Crippen LogP contribution in [0.4, 0.5) is 0 Å². The van der Waals surface area contributed by atoms with Crippen molar-refractivity contribution in [1.29, 1.82) is 0 Å². The first kappa shape index (κ1) is 76.1. The van der Waals surface area contributed by atoms with Gasteiger partial charge < -0.3 is 14.2 Å². The summed E-state index contributed by atoms with van der Waals surface area (Å²) in [6.07, 6.45) is 86.6. The number of hydrogen-bond donors (Lipinski definition) is 0. The Labute approximate surface area is 491 Å². The molecule has 0 radical (unpaired) electrons. The lowest BCUT2D eigenvalue weighted by atomic mass is 10.0. The molecule has 0 rings (SSSR count). The van der Waals surface area contributed by atoms with E-state index in [4.69, 9.17) is 14.2 Å². The maximum absolute atomic E-state index is 13.0. The molecule has 79 heavy (non-hydrogen) atoms. The van der Waals surface area contributed by atoms with Gasteiger partial charge in [0.1, 0.15) is 13.2 Å². The largest absolute Gasteiger partial charge is 0.462 e. The van der Waals surface area contributed by atoms with Gasteiger partial charge in [-0.2, -0.15) is 0 Å². The summed E-state index contributed by atoms with van der Waals surface area (Å²) in [5.41, 5.74) is 0. The van der Waals surface area contributed by atoms with E-state index in [1.807, 2.05) is 0 Å². The Morgan fingerprint density at radius 3 is 0.734 bits per heavy atom. The summed E-state index contributed by atoms with van der Waals surface area (Å²) < 4.78 is 17.0. The number of carbonyl (C=O) groups excluding carboxylic acids is 3. The van der Waals surface area contributed by atoms with E-state index < -0.39 is 6.10 Å². The molecule has 0 aliphatic heterocycles. The van der Waals surface area contributed by atoms with Crippen LogP contribution in [0.3, 0.4) is 0 Å². The second-order valence-electron chi connectivity index (χ2n) is 23.4. The quantitative estimate of drug-likeness (QED) is 0.0261. The topological polar surface area (TPSA) is 78.9 Å². The molecule has 0 aromatic heterocycles. The van der Waals surface area contributed by atoms with Crippen LogP contribution in [0.15, 0.2) is 60.8 Å². The van der Waals surface area contributed by atoms with Gasteiger partial charge in [-0.1, -0.05) is 300 Å². The minimum absolute atomic E-state index is 0.0763. The Balaban J connectivity index is 4.34. The molecule has 0 saturated heterocycles. The van der Waals surface area contributed by atoms with Gasteiger partial charge in [-0.15, -0.1) is 0 Å². The van der Waals surface area contributed by atoms with Gasteiger partial charge in [-0.25, -0.2) is 0 Å². The van der Waals surface area contributed by atoms with Crippen LogP contribution >= 0.6 is 0 Å². The van der Waals surface area contributed by atoms with Crippen LogP contribution in [0.25, 0.3) is 0 Å². The monoisotopic (exact) mass is 1110 g/mol. The van der Waals surface area contributed by atoms with E-state index in [0.717, 1.165) is 77.0 Å². The van der Waals surface area contributed by atoms with E-state index in [1.54, 1.807) is 0 Å². The van der Waals surface area contributed by atoms with Crippen LogP contribution in [0.1, 0.15) is 367 Å². The van der Waals surface area contributed by atoms with Crippen molar-refractivity contribution in [1.82, 2.24) is 0 Å². The predicted molar refractivity (Wildman–Crippen MR) is 344 cm³/mol. The third-order valence-corrected chi connectivity index (χ3v) is 15.5. The molecule has 6 heteroatoms. The highest BCUT2D eigenvalue weighted by molar-refractivity contribution is 5.71. The SMILES string of the molecule is CCCCC/C=C\C/C=C\CCCCCCCCCC(=O)OCC(COC(=O)CCCCCCCCCCCCC/C=C\C/C=C\CCCCCCC)OC(=O)CCCCCCCCCCC/C=C\CCCCCCCCCC. The van der Waals surface area contributed by atoms with Gasteiger partial charge in [-0.05, 0) is 109 Å². The first-order valence-electron chi connectivity index (χ1n) is 34.8. The molecular formula is C73H132O6. The molecule has 0 aromatic rings. The second-order valence-corrected chi connectivity index (χ2v) is 23.4. The van der Waals surface area contributed by atoms with E-state index in [9.17, 15) is 14.4 Å². The van der Waals surface area contributed by atoms with Gasteiger partial charge >= 0.3 is 17.9 Å². The van der Waals surface area contributed by atoms with Crippen molar-refractivity contribution in [3.05, 3.63) is 60.8 Å². The number of esters is 3. The first-order chi connectivity index (χ1) is 39.0. The summed E-state index contributed by atoms with van der Waals surface area (Å²) in [6, 6.07) is 0. The van der Waals surface area contributed by atoms with Crippen LogP contribution < -0.4 is 0 Å². The Bertz CT molecular complexity index is 1410. The van der Waals surface area contributed by atoms with E-state index >= 15 is 0 Å². The fourth-order valence-electron chi connectivity index (χ4n) is 10.2. The molecule has 460 valence electrons. The van der Waals surface area contributed by atoms with Gasteiger partial charge in [0.2, 0.25) is 0 Å². The molecule has 0 amide bonds. The highest BCUT2D eigenvalue weighted by atomic mass is 16.6. The summed E-state index contributed by atoms with van der Waals surface area (Å²) in [7, 11) is 0. The number of rotatable bonds is 64. The lowest BCUT2D eigenvalue weighted by molar-refractivity contribution is -0.167. The summed E-state index contributed by atoms with van der Waals surface area (Å²) in [5, 5.41) is 0. The van der Waals surface area contributed by atoms with Crippen LogP contribution in [-0.4, -0.2) is 37.2 Å². The normalized spacial score (nSPS) is 12.4. The molecule has 0 aliphatic carbocycles.